The van der Waals surface area contributed by atoms with Crippen molar-refractivity contribution in [2.24, 2.45) is 5.92 Å². The third-order valence-electron chi connectivity index (χ3n) is 2.21. The number of nitrogens with one attached hydrogen (secondary N) is 2. The van der Waals surface area contributed by atoms with E-state index in [1.165, 1.54) is 0 Å². The average molecular weight is 240 g/mol. The first kappa shape index (κ1) is 13.6. The Balaban J connectivity index is 2.29. The van der Waals surface area contributed by atoms with Gasteiger partial charge in [0.15, 0.2) is 5.82 Å². The molecule has 1 rings (SSSR count). The van der Waals surface area contributed by atoms with Crippen LogP contribution in [0.15, 0.2) is 4.52 Å². The predicted molar refractivity (Wildman–Crippen MR) is 63.2 cm³/mol. The second kappa shape index (κ2) is 6.34. The van der Waals surface area contributed by atoms with E-state index in [2.05, 4.69) is 34.6 Å². The molecule has 0 radical (unpaired) electrons. The average Bonchev–Trinajstić information content (AvgIpc) is 2.68. The van der Waals surface area contributed by atoms with Crippen molar-refractivity contribution < 1.29 is 9.32 Å². The number of aromatic nitrogens is 2. The summed E-state index contributed by atoms with van der Waals surface area (Å²) in [6, 6.07) is -0.277. The van der Waals surface area contributed by atoms with Crippen LogP contribution in [0.5, 0.6) is 0 Å². The minimum absolute atomic E-state index is 0.0186. The summed E-state index contributed by atoms with van der Waals surface area (Å²) >= 11 is 0. The summed E-state index contributed by atoms with van der Waals surface area (Å²) in [5.74, 6) is 1.52. The van der Waals surface area contributed by atoms with Crippen LogP contribution in [0.1, 0.15) is 32.5 Å². The van der Waals surface area contributed by atoms with E-state index in [-0.39, 0.29) is 11.9 Å². The smallest absolute Gasteiger partial charge is 0.240 e. The number of hydrogen-bond donors (Lipinski definition) is 2. The fourth-order valence-corrected chi connectivity index (χ4v) is 1.20. The first-order valence-corrected chi connectivity index (χ1v) is 5.79. The van der Waals surface area contributed by atoms with E-state index in [0.29, 0.717) is 30.7 Å². The van der Waals surface area contributed by atoms with Crippen molar-refractivity contribution in [2.75, 3.05) is 6.54 Å². The van der Waals surface area contributed by atoms with Crippen LogP contribution >= 0.6 is 0 Å². The Morgan fingerprint density at radius 2 is 2.12 bits per heavy atom. The van der Waals surface area contributed by atoms with Crippen molar-refractivity contribution in [3.8, 4) is 0 Å². The predicted octanol–water partition coefficient (Wildman–Crippen LogP) is 0.628. The quantitative estimate of drug-likeness (QED) is 0.762. The van der Waals surface area contributed by atoms with Gasteiger partial charge in [0.2, 0.25) is 11.8 Å². The van der Waals surface area contributed by atoms with Crippen LogP contribution in [0.4, 0.5) is 0 Å². The van der Waals surface area contributed by atoms with Gasteiger partial charge in [0.05, 0.1) is 12.6 Å². The zero-order valence-corrected chi connectivity index (χ0v) is 10.8. The van der Waals surface area contributed by atoms with Crippen molar-refractivity contribution in [3.05, 3.63) is 11.7 Å². The van der Waals surface area contributed by atoms with Crippen LogP contribution in [0.25, 0.3) is 0 Å². The fraction of sp³-hybridized carbons (Fsp3) is 0.727. The van der Waals surface area contributed by atoms with Gasteiger partial charge in [0.25, 0.3) is 0 Å². The maximum atomic E-state index is 11.6. The Kier molecular flexibility index (Phi) is 5.09. The molecular weight excluding hydrogens is 220 g/mol. The number of hydrogen-bond acceptors (Lipinski definition) is 5. The molecule has 1 heterocycles. The first-order valence-electron chi connectivity index (χ1n) is 5.79. The van der Waals surface area contributed by atoms with Gasteiger partial charge < -0.3 is 9.84 Å². The fourth-order valence-electron chi connectivity index (χ4n) is 1.20. The van der Waals surface area contributed by atoms with Crippen molar-refractivity contribution in [1.82, 2.24) is 20.8 Å². The van der Waals surface area contributed by atoms with E-state index < -0.39 is 0 Å². The summed E-state index contributed by atoms with van der Waals surface area (Å²) in [7, 11) is 0. The van der Waals surface area contributed by atoms with Gasteiger partial charge in [0, 0.05) is 6.54 Å². The van der Waals surface area contributed by atoms with Crippen LogP contribution < -0.4 is 10.6 Å². The number of rotatable bonds is 6. The Bertz CT molecular complexity index is 362. The highest BCUT2D eigenvalue weighted by atomic mass is 16.5. The Morgan fingerprint density at radius 1 is 1.41 bits per heavy atom. The lowest BCUT2D eigenvalue weighted by atomic mass is 10.2. The second-order valence-electron chi connectivity index (χ2n) is 4.48. The number of carbonyl (C=O) groups is 1. The Hall–Kier alpha value is -1.43. The molecule has 0 saturated heterocycles. The topological polar surface area (TPSA) is 80.0 Å². The van der Waals surface area contributed by atoms with Crippen LogP contribution in [0, 0.1) is 12.8 Å². The summed E-state index contributed by atoms with van der Waals surface area (Å²) in [5, 5.41) is 9.55. The van der Waals surface area contributed by atoms with Gasteiger partial charge in [-0.1, -0.05) is 19.0 Å². The van der Waals surface area contributed by atoms with Gasteiger partial charge in [-0.2, -0.15) is 4.98 Å². The highest BCUT2D eigenvalue weighted by Crippen LogP contribution is 1.96. The van der Waals surface area contributed by atoms with E-state index in [0.717, 1.165) is 0 Å². The molecular formula is C11H20N4O2. The summed E-state index contributed by atoms with van der Waals surface area (Å²) in [6.45, 7) is 8.76. The molecule has 1 amide bonds. The van der Waals surface area contributed by atoms with E-state index in [9.17, 15) is 4.79 Å². The zero-order valence-electron chi connectivity index (χ0n) is 10.8. The minimum Gasteiger partial charge on any atom is -0.354 e. The van der Waals surface area contributed by atoms with Gasteiger partial charge in [-0.3, -0.25) is 10.1 Å². The monoisotopic (exact) mass is 240 g/mol. The van der Waals surface area contributed by atoms with E-state index in [1.807, 2.05) is 0 Å². The number of amides is 1. The largest absolute Gasteiger partial charge is 0.354 e. The van der Waals surface area contributed by atoms with Crippen molar-refractivity contribution in [2.45, 2.75) is 40.3 Å². The third-order valence-corrected chi connectivity index (χ3v) is 2.21. The van der Waals surface area contributed by atoms with Crippen LogP contribution in [-0.4, -0.2) is 28.6 Å². The molecule has 2 N–H and O–H groups in total. The summed E-state index contributed by atoms with van der Waals surface area (Å²) in [6.07, 6.45) is 0. The molecule has 0 fully saturated rings. The summed E-state index contributed by atoms with van der Waals surface area (Å²) in [5.41, 5.74) is 0. The highest BCUT2D eigenvalue weighted by molar-refractivity contribution is 5.81. The molecule has 1 aromatic heterocycles. The van der Waals surface area contributed by atoms with Crippen LogP contribution in [0.3, 0.4) is 0 Å². The van der Waals surface area contributed by atoms with Crippen molar-refractivity contribution >= 4 is 5.91 Å². The van der Waals surface area contributed by atoms with Crippen molar-refractivity contribution in [3.63, 3.8) is 0 Å². The SMILES string of the molecule is Cc1noc(CNC(C)C(=O)NCC(C)C)n1. The van der Waals surface area contributed by atoms with E-state index in [1.54, 1.807) is 13.8 Å². The molecule has 6 nitrogen and oxygen atoms in total. The molecule has 1 aromatic rings. The second-order valence-corrected chi connectivity index (χ2v) is 4.48. The molecule has 0 aliphatic rings. The maximum absolute atomic E-state index is 11.6. The third kappa shape index (κ3) is 4.95. The highest BCUT2D eigenvalue weighted by Gasteiger charge is 2.13. The normalized spacial score (nSPS) is 12.8. The number of nitrogens with zero attached hydrogens (tertiary/aromatic N) is 2. The molecule has 0 aromatic carbocycles. The molecule has 1 unspecified atom stereocenters. The lowest BCUT2D eigenvalue weighted by Gasteiger charge is -2.13. The molecule has 0 aliphatic heterocycles. The molecule has 0 bridgehead atoms. The standard InChI is InChI=1S/C11H20N4O2/c1-7(2)5-13-11(16)8(3)12-6-10-14-9(4)15-17-10/h7-8,12H,5-6H2,1-4H3,(H,13,16). The first-order chi connectivity index (χ1) is 7.99. The Labute approximate surface area is 101 Å². The molecule has 0 spiro atoms. The van der Waals surface area contributed by atoms with Crippen LogP contribution in [-0.2, 0) is 11.3 Å². The lowest BCUT2D eigenvalue weighted by molar-refractivity contribution is -0.122. The molecule has 0 aliphatic carbocycles. The van der Waals surface area contributed by atoms with Gasteiger partial charge >= 0.3 is 0 Å². The molecule has 1 atom stereocenters. The summed E-state index contributed by atoms with van der Waals surface area (Å²) < 4.78 is 4.94. The number of aryl methyl sites for hydroxylation is 1. The zero-order chi connectivity index (χ0) is 12.8. The van der Waals surface area contributed by atoms with Gasteiger partial charge in [-0.15, -0.1) is 0 Å². The van der Waals surface area contributed by atoms with E-state index in [4.69, 9.17) is 4.52 Å². The van der Waals surface area contributed by atoms with Gasteiger partial charge in [-0.05, 0) is 19.8 Å². The lowest BCUT2D eigenvalue weighted by Crippen LogP contribution is -2.43. The molecule has 17 heavy (non-hydrogen) atoms. The molecule has 6 heteroatoms. The van der Waals surface area contributed by atoms with Gasteiger partial charge in [0.1, 0.15) is 0 Å². The maximum Gasteiger partial charge on any atom is 0.240 e. The minimum atomic E-state index is -0.277. The summed E-state index contributed by atoms with van der Waals surface area (Å²) in [4.78, 5) is 15.7. The van der Waals surface area contributed by atoms with Crippen molar-refractivity contribution in [1.29, 1.82) is 0 Å². The molecule has 0 saturated carbocycles. The van der Waals surface area contributed by atoms with Gasteiger partial charge in [-0.25, -0.2) is 0 Å². The number of carbonyl (C=O) groups excluding carboxylic acids is 1. The van der Waals surface area contributed by atoms with E-state index >= 15 is 0 Å². The van der Waals surface area contributed by atoms with Crippen LogP contribution in [0.2, 0.25) is 0 Å². The molecule has 96 valence electrons. The Morgan fingerprint density at radius 3 is 2.65 bits per heavy atom.